The van der Waals surface area contributed by atoms with Gasteiger partial charge in [-0.3, -0.25) is 9.48 Å². The number of aliphatic hydroxyl groups excluding tert-OH is 1. The fourth-order valence-electron chi connectivity index (χ4n) is 2.51. The number of carbonyl (C=O) groups is 1. The summed E-state index contributed by atoms with van der Waals surface area (Å²) in [5.74, 6) is -0.0270. The van der Waals surface area contributed by atoms with Crippen LogP contribution in [0.5, 0.6) is 0 Å². The zero-order valence-electron chi connectivity index (χ0n) is 14.3. The van der Waals surface area contributed by atoms with E-state index < -0.39 is 6.10 Å². The van der Waals surface area contributed by atoms with E-state index in [0.717, 1.165) is 17.0 Å². The van der Waals surface area contributed by atoms with Crippen molar-refractivity contribution in [2.75, 3.05) is 13.6 Å². The molecule has 5 nitrogen and oxygen atoms in total. The summed E-state index contributed by atoms with van der Waals surface area (Å²) >= 11 is 0. The van der Waals surface area contributed by atoms with Gasteiger partial charge in [-0.15, -0.1) is 0 Å². The van der Waals surface area contributed by atoms with E-state index in [9.17, 15) is 9.90 Å². The number of rotatable bonds is 6. The number of carbonyl (C=O) groups excluding carboxylic acids is 1. The van der Waals surface area contributed by atoms with Gasteiger partial charge in [0, 0.05) is 24.8 Å². The van der Waals surface area contributed by atoms with Crippen molar-refractivity contribution in [1.82, 2.24) is 14.7 Å². The van der Waals surface area contributed by atoms with Crippen molar-refractivity contribution in [1.29, 1.82) is 0 Å². The normalized spacial score (nSPS) is 12.2. The summed E-state index contributed by atoms with van der Waals surface area (Å²) in [6.45, 7) is 6.92. The monoisotopic (exact) mass is 315 g/mol. The van der Waals surface area contributed by atoms with Crippen LogP contribution >= 0.6 is 0 Å². The minimum absolute atomic E-state index is 0.0270. The van der Waals surface area contributed by atoms with Gasteiger partial charge in [-0.05, 0) is 51.0 Å². The molecule has 5 heteroatoms. The van der Waals surface area contributed by atoms with E-state index >= 15 is 0 Å². The third-order valence-electron chi connectivity index (χ3n) is 3.84. The predicted molar refractivity (Wildman–Crippen MR) is 90.5 cm³/mol. The molecule has 23 heavy (non-hydrogen) atoms. The number of benzene rings is 1. The molecule has 0 saturated carbocycles. The Balaban J connectivity index is 2.10. The van der Waals surface area contributed by atoms with Crippen molar-refractivity contribution in [3.63, 3.8) is 0 Å². The quantitative estimate of drug-likeness (QED) is 0.890. The van der Waals surface area contributed by atoms with Crippen LogP contribution in [0.15, 0.2) is 30.3 Å². The topological polar surface area (TPSA) is 58.4 Å². The second-order valence-electron chi connectivity index (χ2n) is 6.15. The first-order valence-corrected chi connectivity index (χ1v) is 7.90. The smallest absolute Gasteiger partial charge is 0.253 e. The van der Waals surface area contributed by atoms with Crippen molar-refractivity contribution in [2.24, 2.45) is 0 Å². The van der Waals surface area contributed by atoms with Gasteiger partial charge in [-0.2, -0.15) is 5.10 Å². The number of aryl methyl sites for hydroxylation is 2. The van der Waals surface area contributed by atoms with Gasteiger partial charge in [-0.25, -0.2) is 0 Å². The lowest BCUT2D eigenvalue weighted by molar-refractivity contribution is 0.0769. The molecule has 0 spiro atoms. The molecule has 0 aliphatic rings. The van der Waals surface area contributed by atoms with Gasteiger partial charge < -0.3 is 10.0 Å². The van der Waals surface area contributed by atoms with Crippen LogP contribution in [0.2, 0.25) is 0 Å². The van der Waals surface area contributed by atoms with Crippen molar-refractivity contribution < 1.29 is 9.90 Å². The lowest BCUT2D eigenvalue weighted by Crippen LogP contribution is -2.29. The Labute approximate surface area is 137 Å². The Hall–Kier alpha value is -2.14. The number of hydrogen-bond acceptors (Lipinski definition) is 3. The molecule has 1 N–H and O–H groups in total. The molecule has 124 valence electrons. The van der Waals surface area contributed by atoms with Gasteiger partial charge in [0.05, 0.1) is 18.3 Å². The fraction of sp³-hybridized carbons (Fsp3) is 0.444. The Morgan fingerprint density at radius 2 is 2.09 bits per heavy atom. The lowest BCUT2D eigenvalue weighted by atomic mass is 10.1. The first kappa shape index (κ1) is 17.2. The summed E-state index contributed by atoms with van der Waals surface area (Å²) in [5.41, 5.74) is 3.81. The molecule has 1 aromatic carbocycles. The predicted octanol–water partition coefficient (Wildman–Crippen LogP) is 2.39. The van der Waals surface area contributed by atoms with E-state index in [0.29, 0.717) is 25.1 Å². The van der Waals surface area contributed by atoms with Gasteiger partial charge in [0.15, 0.2) is 0 Å². The van der Waals surface area contributed by atoms with Crippen LogP contribution in [-0.4, -0.2) is 45.4 Å². The van der Waals surface area contributed by atoms with E-state index in [-0.39, 0.29) is 5.91 Å². The molecule has 1 aromatic heterocycles. The summed E-state index contributed by atoms with van der Waals surface area (Å²) in [7, 11) is 1.76. The fourth-order valence-corrected chi connectivity index (χ4v) is 2.51. The van der Waals surface area contributed by atoms with Gasteiger partial charge in [-0.1, -0.05) is 12.1 Å². The summed E-state index contributed by atoms with van der Waals surface area (Å²) < 4.78 is 1.94. The second-order valence-corrected chi connectivity index (χ2v) is 6.15. The number of aromatic nitrogens is 2. The van der Waals surface area contributed by atoms with Crippen LogP contribution < -0.4 is 0 Å². The zero-order chi connectivity index (χ0) is 17.0. The number of hydrogen-bond donors (Lipinski definition) is 1. The molecule has 2 rings (SSSR count). The lowest BCUT2D eigenvalue weighted by Gasteiger charge is -2.18. The van der Waals surface area contributed by atoms with Crippen molar-refractivity contribution >= 4 is 5.91 Å². The van der Waals surface area contributed by atoms with Crippen molar-refractivity contribution in [2.45, 2.75) is 39.8 Å². The second kappa shape index (κ2) is 7.42. The first-order valence-electron chi connectivity index (χ1n) is 7.90. The molecular weight excluding hydrogens is 290 g/mol. The van der Waals surface area contributed by atoms with Gasteiger partial charge in [0.2, 0.25) is 0 Å². The Morgan fingerprint density at radius 1 is 1.35 bits per heavy atom. The molecule has 1 atom stereocenters. The molecule has 2 aromatic rings. The van der Waals surface area contributed by atoms with Crippen LogP contribution in [0, 0.1) is 13.8 Å². The van der Waals surface area contributed by atoms with E-state index in [1.165, 1.54) is 0 Å². The maximum absolute atomic E-state index is 12.5. The highest BCUT2D eigenvalue weighted by Crippen LogP contribution is 2.12. The van der Waals surface area contributed by atoms with Crippen LogP contribution in [-0.2, 0) is 6.54 Å². The molecule has 0 aliphatic carbocycles. The average molecular weight is 315 g/mol. The molecule has 0 bridgehead atoms. The zero-order valence-corrected chi connectivity index (χ0v) is 14.3. The van der Waals surface area contributed by atoms with Crippen LogP contribution in [0.25, 0.3) is 0 Å². The molecule has 0 saturated heterocycles. The highest BCUT2D eigenvalue weighted by molar-refractivity contribution is 5.94. The van der Waals surface area contributed by atoms with E-state index in [4.69, 9.17) is 0 Å². The third kappa shape index (κ3) is 4.66. The van der Waals surface area contributed by atoms with Gasteiger partial charge in [0.25, 0.3) is 5.91 Å². The maximum Gasteiger partial charge on any atom is 0.253 e. The molecule has 0 fully saturated rings. The molecular formula is C18H25N3O2. The Bertz CT molecular complexity index is 677. The summed E-state index contributed by atoms with van der Waals surface area (Å²) in [4.78, 5) is 14.1. The first-order chi connectivity index (χ1) is 10.9. The minimum atomic E-state index is -0.400. The van der Waals surface area contributed by atoms with Gasteiger partial charge in [0.1, 0.15) is 0 Å². The number of amides is 1. The summed E-state index contributed by atoms with van der Waals surface area (Å²) in [5, 5.41) is 13.8. The molecule has 0 aliphatic heterocycles. The third-order valence-corrected chi connectivity index (χ3v) is 3.84. The molecule has 0 radical (unpaired) electrons. The average Bonchev–Trinajstić information content (AvgIpc) is 2.82. The van der Waals surface area contributed by atoms with Crippen LogP contribution in [0.4, 0.5) is 0 Å². The highest BCUT2D eigenvalue weighted by atomic mass is 16.3. The molecule has 1 unspecified atom stereocenters. The Morgan fingerprint density at radius 3 is 2.70 bits per heavy atom. The van der Waals surface area contributed by atoms with Gasteiger partial charge >= 0.3 is 0 Å². The van der Waals surface area contributed by atoms with Crippen molar-refractivity contribution in [3.05, 3.63) is 52.8 Å². The van der Waals surface area contributed by atoms with Crippen LogP contribution in [0.1, 0.15) is 40.7 Å². The molecule has 1 amide bonds. The SMILES string of the molecule is Cc1cc(C)n(Cc2cccc(C(=O)N(C)CCC(C)O)c2)n1. The Kier molecular flexibility index (Phi) is 5.55. The minimum Gasteiger partial charge on any atom is -0.393 e. The molecule has 1 heterocycles. The number of nitrogens with zero attached hydrogens (tertiary/aromatic N) is 3. The standard InChI is InChI=1S/C18H25N3O2/c1-13-10-14(2)21(19-13)12-16-6-5-7-17(11-16)18(23)20(4)9-8-15(3)22/h5-7,10-11,15,22H,8-9,12H2,1-4H3. The van der Waals surface area contributed by atoms with E-state index in [1.54, 1.807) is 18.9 Å². The highest BCUT2D eigenvalue weighted by Gasteiger charge is 2.13. The van der Waals surface area contributed by atoms with E-state index in [1.807, 2.05) is 48.9 Å². The summed E-state index contributed by atoms with van der Waals surface area (Å²) in [6, 6.07) is 9.68. The van der Waals surface area contributed by atoms with Crippen molar-refractivity contribution in [3.8, 4) is 0 Å². The number of aliphatic hydroxyl groups is 1. The van der Waals surface area contributed by atoms with Crippen LogP contribution in [0.3, 0.4) is 0 Å². The van der Waals surface area contributed by atoms with E-state index in [2.05, 4.69) is 5.10 Å². The largest absolute Gasteiger partial charge is 0.393 e. The maximum atomic E-state index is 12.5. The summed E-state index contributed by atoms with van der Waals surface area (Å²) in [6.07, 6.45) is 0.177.